The molecule has 1 aromatic rings. The van der Waals surface area contributed by atoms with Crippen LogP contribution in [-0.4, -0.2) is 54.5 Å². The number of ether oxygens (including phenoxy) is 1. The number of anilines is 1. The number of carbonyl (C=O) groups is 2. The van der Waals surface area contributed by atoms with E-state index in [4.69, 9.17) is 10.5 Å². The van der Waals surface area contributed by atoms with Gasteiger partial charge in [0, 0.05) is 32.3 Å². The molecule has 1 atom stereocenters. The first-order valence-electron chi connectivity index (χ1n) is 7.78. The van der Waals surface area contributed by atoms with Crippen molar-refractivity contribution in [3.05, 3.63) is 23.9 Å². The van der Waals surface area contributed by atoms with E-state index in [1.165, 1.54) is 7.11 Å². The average molecular weight is 393 g/mol. The van der Waals surface area contributed by atoms with E-state index in [1.807, 2.05) is 13.0 Å². The van der Waals surface area contributed by atoms with Crippen LogP contribution in [0.15, 0.2) is 18.3 Å². The number of aromatic nitrogens is 1. The quantitative estimate of drug-likeness (QED) is 0.788. The molecule has 0 radical (unpaired) electrons. The van der Waals surface area contributed by atoms with Gasteiger partial charge < -0.3 is 20.7 Å². The third-order valence-corrected chi connectivity index (χ3v) is 4.00. The number of hydrogen-bond donors (Lipinski definition) is 2. The monoisotopic (exact) mass is 392 g/mol. The Balaban J connectivity index is 0.00000288. The number of hydrogen-bond acceptors (Lipinski definition) is 5. The number of amides is 2. The highest BCUT2D eigenvalue weighted by Crippen LogP contribution is 2.19. The lowest BCUT2D eigenvalue weighted by Gasteiger charge is -2.32. The molecule has 1 aliphatic heterocycles. The summed E-state index contributed by atoms with van der Waals surface area (Å²) in [7, 11) is 1.52. The molecule has 0 aromatic carbocycles. The maximum absolute atomic E-state index is 12.3. The zero-order valence-corrected chi connectivity index (χ0v) is 16.1. The lowest BCUT2D eigenvalue weighted by molar-refractivity contribution is -0.136. The van der Waals surface area contributed by atoms with Crippen molar-refractivity contribution in [2.24, 2.45) is 11.7 Å². The highest BCUT2D eigenvalue weighted by atomic mass is 35.5. The maximum Gasteiger partial charge on any atom is 0.241 e. The molecule has 25 heavy (non-hydrogen) atoms. The van der Waals surface area contributed by atoms with E-state index in [1.54, 1.807) is 17.2 Å². The van der Waals surface area contributed by atoms with Crippen molar-refractivity contribution in [2.45, 2.75) is 25.8 Å². The van der Waals surface area contributed by atoms with E-state index in [0.29, 0.717) is 31.7 Å². The number of piperidine rings is 1. The Morgan fingerprint density at radius 3 is 2.52 bits per heavy atom. The topological polar surface area (TPSA) is 97.5 Å². The van der Waals surface area contributed by atoms with E-state index in [0.717, 1.165) is 5.56 Å². The fourth-order valence-corrected chi connectivity index (χ4v) is 2.62. The molecule has 3 N–H and O–H groups in total. The Bertz CT molecular complexity index is 549. The summed E-state index contributed by atoms with van der Waals surface area (Å²) in [5.74, 6) is 0.280. The lowest BCUT2D eigenvalue weighted by Crippen LogP contribution is -2.49. The minimum absolute atomic E-state index is 0. The summed E-state index contributed by atoms with van der Waals surface area (Å²) in [4.78, 5) is 30.2. The summed E-state index contributed by atoms with van der Waals surface area (Å²) in [6.45, 7) is 3.23. The van der Waals surface area contributed by atoms with Crippen LogP contribution in [0.25, 0.3) is 0 Å². The van der Waals surface area contributed by atoms with E-state index in [2.05, 4.69) is 10.3 Å². The van der Waals surface area contributed by atoms with Crippen molar-refractivity contribution < 1.29 is 14.3 Å². The Labute approximate surface area is 160 Å². The first kappa shape index (κ1) is 23.6. The molecule has 2 amide bonds. The molecule has 1 aliphatic rings. The van der Waals surface area contributed by atoms with E-state index in [-0.39, 0.29) is 49.2 Å². The second-order valence-electron chi connectivity index (χ2n) is 5.87. The molecule has 1 fully saturated rings. The predicted octanol–water partition coefficient (Wildman–Crippen LogP) is 1.38. The van der Waals surface area contributed by atoms with Gasteiger partial charge >= 0.3 is 0 Å². The Kier molecular flexibility index (Phi) is 10.6. The van der Waals surface area contributed by atoms with Gasteiger partial charge in [-0.25, -0.2) is 4.98 Å². The van der Waals surface area contributed by atoms with Gasteiger partial charge in [-0.2, -0.15) is 0 Å². The molecule has 7 nitrogen and oxygen atoms in total. The fourth-order valence-electron chi connectivity index (χ4n) is 2.62. The number of likely N-dealkylation sites (tertiary alicyclic amines) is 1. The zero-order valence-electron chi connectivity index (χ0n) is 14.4. The van der Waals surface area contributed by atoms with Gasteiger partial charge in [0.25, 0.3) is 0 Å². The number of nitrogens with two attached hydrogens (primary N) is 1. The average Bonchev–Trinajstić information content (AvgIpc) is 2.56. The second-order valence-corrected chi connectivity index (χ2v) is 5.87. The molecule has 0 aliphatic carbocycles. The zero-order chi connectivity index (χ0) is 16.8. The number of methoxy groups -OCH3 is 1. The molecular weight excluding hydrogens is 367 g/mol. The molecule has 1 aromatic heterocycles. The normalized spacial score (nSPS) is 15.6. The number of nitrogens with zero attached hydrogens (tertiary/aromatic N) is 2. The summed E-state index contributed by atoms with van der Waals surface area (Å²) in [5, 5.41) is 2.83. The molecule has 0 spiro atoms. The third-order valence-electron chi connectivity index (χ3n) is 4.00. The molecule has 2 heterocycles. The molecule has 2 rings (SSSR count). The van der Waals surface area contributed by atoms with Crippen LogP contribution in [0.1, 0.15) is 18.4 Å². The van der Waals surface area contributed by atoms with Crippen LogP contribution in [0.2, 0.25) is 0 Å². The highest BCUT2D eigenvalue weighted by Gasteiger charge is 2.29. The van der Waals surface area contributed by atoms with Crippen LogP contribution in [0.3, 0.4) is 0 Å². The van der Waals surface area contributed by atoms with Gasteiger partial charge in [0.15, 0.2) is 0 Å². The molecule has 1 saturated heterocycles. The number of aryl methyl sites for hydroxylation is 1. The lowest BCUT2D eigenvalue weighted by atomic mass is 9.95. The smallest absolute Gasteiger partial charge is 0.241 e. The number of pyridine rings is 1. The van der Waals surface area contributed by atoms with Crippen LogP contribution in [0.5, 0.6) is 0 Å². The van der Waals surface area contributed by atoms with Gasteiger partial charge in [0.05, 0.1) is 6.61 Å². The first-order chi connectivity index (χ1) is 11.0. The van der Waals surface area contributed by atoms with Crippen LogP contribution in [0.4, 0.5) is 5.82 Å². The predicted molar refractivity (Wildman–Crippen MR) is 101 cm³/mol. The Morgan fingerprint density at radius 1 is 1.36 bits per heavy atom. The molecule has 9 heteroatoms. The SMILES string of the molecule is COCC(N)C(=O)N1CCC(C(=O)Nc2ccc(C)cn2)CC1.Cl.Cl. The number of halogens is 2. The summed E-state index contributed by atoms with van der Waals surface area (Å²) < 4.78 is 4.91. The van der Waals surface area contributed by atoms with Crippen molar-refractivity contribution in [2.75, 3.05) is 32.1 Å². The number of rotatable bonds is 5. The minimum Gasteiger partial charge on any atom is -0.383 e. The van der Waals surface area contributed by atoms with Gasteiger partial charge in [0.2, 0.25) is 11.8 Å². The van der Waals surface area contributed by atoms with Gasteiger partial charge in [-0.1, -0.05) is 6.07 Å². The van der Waals surface area contributed by atoms with E-state index in [9.17, 15) is 9.59 Å². The van der Waals surface area contributed by atoms with Crippen LogP contribution in [-0.2, 0) is 14.3 Å². The standard InChI is InChI=1S/C16H24N4O3.2ClH/c1-11-3-4-14(18-9-11)19-15(21)12-5-7-20(8-6-12)16(22)13(17)10-23-2;;/h3-4,9,12-13H,5-8,10,17H2,1-2H3,(H,18,19,21);2*1H. The Morgan fingerprint density at radius 2 is 2.00 bits per heavy atom. The highest BCUT2D eigenvalue weighted by molar-refractivity contribution is 5.92. The molecular formula is C16H26Cl2N4O3. The minimum atomic E-state index is -0.637. The summed E-state index contributed by atoms with van der Waals surface area (Å²) in [6, 6.07) is 3.05. The van der Waals surface area contributed by atoms with Crippen molar-refractivity contribution in [1.29, 1.82) is 0 Å². The fraction of sp³-hybridized carbons (Fsp3) is 0.562. The summed E-state index contributed by atoms with van der Waals surface area (Å²) in [5.41, 5.74) is 6.81. The van der Waals surface area contributed by atoms with Crippen molar-refractivity contribution in [3.8, 4) is 0 Å². The summed E-state index contributed by atoms with van der Waals surface area (Å²) >= 11 is 0. The van der Waals surface area contributed by atoms with Crippen molar-refractivity contribution in [1.82, 2.24) is 9.88 Å². The van der Waals surface area contributed by atoms with Crippen LogP contribution < -0.4 is 11.1 Å². The Hall–Kier alpha value is -1.41. The number of carbonyl (C=O) groups excluding carboxylic acids is 2. The molecule has 1 unspecified atom stereocenters. The first-order valence-corrected chi connectivity index (χ1v) is 7.78. The second kappa shape index (κ2) is 11.3. The van der Waals surface area contributed by atoms with Gasteiger partial charge in [-0.15, -0.1) is 24.8 Å². The van der Waals surface area contributed by atoms with E-state index >= 15 is 0 Å². The van der Waals surface area contributed by atoms with Crippen molar-refractivity contribution in [3.63, 3.8) is 0 Å². The maximum atomic E-state index is 12.3. The molecule has 0 saturated carbocycles. The van der Waals surface area contributed by atoms with Crippen molar-refractivity contribution >= 4 is 42.4 Å². The van der Waals surface area contributed by atoms with Gasteiger partial charge in [-0.05, 0) is 31.4 Å². The number of nitrogens with one attached hydrogen (secondary N) is 1. The largest absolute Gasteiger partial charge is 0.383 e. The van der Waals surface area contributed by atoms with E-state index < -0.39 is 6.04 Å². The van der Waals surface area contributed by atoms with Crippen LogP contribution in [0, 0.1) is 12.8 Å². The molecule has 0 bridgehead atoms. The molecule has 142 valence electrons. The van der Waals surface area contributed by atoms with Crippen LogP contribution >= 0.6 is 24.8 Å². The van der Waals surface area contributed by atoms with Gasteiger partial charge in [0.1, 0.15) is 11.9 Å². The van der Waals surface area contributed by atoms with Gasteiger partial charge in [-0.3, -0.25) is 9.59 Å². The third kappa shape index (κ3) is 6.78. The summed E-state index contributed by atoms with van der Waals surface area (Å²) in [6.07, 6.45) is 2.97.